The van der Waals surface area contributed by atoms with Crippen LogP contribution in [0.4, 0.5) is 0 Å². The fourth-order valence-electron chi connectivity index (χ4n) is 0.757. The SMILES string of the molecule is CC=Cc1ccccc1.P. The minimum Gasteiger partial charge on any atom is -0.153 e. The molecule has 0 aliphatic rings. The van der Waals surface area contributed by atoms with E-state index < -0.39 is 0 Å². The molecule has 1 aromatic carbocycles. The van der Waals surface area contributed by atoms with Crippen LogP contribution in [0.2, 0.25) is 0 Å². The number of hydrogen-bond donors (Lipinski definition) is 0. The number of rotatable bonds is 1. The first-order valence-electron chi connectivity index (χ1n) is 3.11. The molecule has 0 aliphatic carbocycles. The van der Waals surface area contributed by atoms with Crippen LogP contribution in [0, 0.1) is 0 Å². The molecule has 0 nitrogen and oxygen atoms in total. The summed E-state index contributed by atoms with van der Waals surface area (Å²) in [5, 5.41) is 0. The maximum absolute atomic E-state index is 2.08. The molecule has 1 unspecified atom stereocenters. The van der Waals surface area contributed by atoms with E-state index in [2.05, 4.69) is 18.2 Å². The third kappa shape index (κ3) is 2.80. The number of allylic oxidation sites excluding steroid dienone is 1. The molecule has 0 saturated heterocycles. The van der Waals surface area contributed by atoms with Crippen LogP contribution in [0.25, 0.3) is 6.08 Å². The molecule has 0 N–H and O–H groups in total. The summed E-state index contributed by atoms with van der Waals surface area (Å²) in [5.74, 6) is 0. The average molecular weight is 152 g/mol. The predicted molar refractivity (Wildman–Crippen MR) is 52.3 cm³/mol. The van der Waals surface area contributed by atoms with Crippen molar-refractivity contribution in [2.45, 2.75) is 6.92 Å². The monoisotopic (exact) mass is 152 g/mol. The van der Waals surface area contributed by atoms with Crippen LogP contribution in [0.1, 0.15) is 12.5 Å². The van der Waals surface area contributed by atoms with Crippen LogP contribution in [0.5, 0.6) is 0 Å². The summed E-state index contributed by atoms with van der Waals surface area (Å²) in [7, 11) is 0. The van der Waals surface area contributed by atoms with Gasteiger partial charge in [0.05, 0.1) is 0 Å². The van der Waals surface area contributed by atoms with Crippen LogP contribution in [0.15, 0.2) is 36.4 Å². The van der Waals surface area contributed by atoms with E-state index in [0.29, 0.717) is 0 Å². The average Bonchev–Trinajstić information content (AvgIpc) is 1.91. The summed E-state index contributed by atoms with van der Waals surface area (Å²) >= 11 is 0. The van der Waals surface area contributed by atoms with Crippen molar-refractivity contribution in [3.63, 3.8) is 0 Å². The van der Waals surface area contributed by atoms with E-state index in [1.807, 2.05) is 31.2 Å². The van der Waals surface area contributed by atoms with Gasteiger partial charge in [-0.2, -0.15) is 9.90 Å². The molecule has 1 aromatic rings. The van der Waals surface area contributed by atoms with E-state index in [-0.39, 0.29) is 9.90 Å². The zero-order chi connectivity index (χ0) is 6.53. The van der Waals surface area contributed by atoms with Gasteiger partial charge in [-0.3, -0.25) is 0 Å². The molecule has 0 amide bonds. The van der Waals surface area contributed by atoms with Crippen molar-refractivity contribution in [1.82, 2.24) is 0 Å². The topological polar surface area (TPSA) is 0 Å². The Bertz CT molecular complexity index is 189. The molecule has 0 bridgehead atoms. The van der Waals surface area contributed by atoms with E-state index in [9.17, 15) is 0 Å². The molecule has 0 fully saturated rings. The van der Waals surface area contributed by atoms with E-state index in [0.717, 1.165) is 0 Å². The molecule has 1 heteroatoms. The van der Waals surface area contributed by atoms with Crippen LogP contribution in [0.3, 0.4) is 0 Å². The van der Waals surface area contributed by atoms with Crippen LogP contribution < -0.4 is 0 Å². The maximum Gasteiger partial charge on any atom is -0.0260 e. The van der Waals surface area contributed by atoms with Gasteiger partial charge in [-0.25, -0.2) is 0 Å². The first kappa shape index (κ1) is 9.39. The van der Waals surface area contributed by atoms with Gasteiger partial charge in [0, 0.05) is 0 Å². The fraction of sp³-hybridized carbons (Fsp3) is 0.111. The third-order valence-corrected chi connectivity index (χ3v) is 1.16. The second-order valence-electron chi connectivity index (χ2n) is 1.91. The van der Waals surface area contributed by atoms with Crippen LogP contribution >= 0.6 is 9.90 Å². The van der Waals surface area contributed by atoms with Crippen molar-refractivity contribution in [3.05, 3.63) is 42.0 Å². The number of benzene rings is 1. The molecular formula is C9H13P. The van der Waals surface area contributed by atoms with Crippen molar-refractivity contribution in [3.8, 4) is 0 Å². The lowest BCUT2D eigenvalue weighted by molar-refractivity contribution is 1.64. The van der Waals surface area contributed by atoms with Gasteiger partial charge in [0.15, 0.2) is 0 Å². The molecule has 0 aromatic heterocycles. The highest BCUT2D eigenvalue weighted by Crippen LogP contribution is 1.99. The Morgan fingerprint density at radius 3 is 2.20 bits per heavy atom. The summed E-state index contributed by atoms with van der Waals surface area (Å²) in [6, 6.07) is 10.3. The number of hydrogen-bond acceptors (Lipinski definition) is 0. The van der Waals surface area contributed by atoms with Gasteiger partial charge in [0.2, 0.25) is 0 Å². The Hall–Kier alpha value is -0.610. The van der Waals surface area contributed by atoms with E-state index in [1.165, 1.54) is 5.56 Å². The molecule has 10 heavy (non-hydrogen) atoms. The molecule has 54 valence electrons. The van der Waals surface area contributed by atoms with Gasteiger partial charge in [-0.1, -0.05) is 42.5 Å². The molecule has 0 radical (unpaired) electrons. The summed E-state index contributed by atoms with van der Waals surface area (Å²) < 4.78 is 0. The minimum atomic E-state index is 0. The van der Waals surface area contributed by atoms with Crippen LogP contribution in [-0.4, -0.2) is 0 Å². The molecule has 0 aliphatic heterocycles. The molecule has 0 saturated carbocycles. The lowest BCUT2D eigenvalue weighted by atomic mass is 10.2. The smallest absolute Gasteiger partial charge is 0.0260 e. The molecule has 0 spiro atoms. The normalized spacial score (nSPS) is 9.30. The fourth-order valence-corrected chi connectivity index (χ4v) is 0.757. The predicted octanol–water partition coefficient (Wildman–Crippen LogP) is 2.78. The van der Waals surface area contributed by atoms with Gasteiger partial charge >= 0.3 is 0 Å². The summed E-state index contributed by atoms with van der Waals surface area (Å²) in [4.78, 5) is 0. The van der Waals surface area contributed by atoms with E-state index in [4.69, 9.17) is 0 Å². The standard InChI is InChI=1S/C9H10.H3P/c1-2-6-9-7-4-3-5-8-9;/h2-8H,1H3;1H3. The quantitative estimate of drug-likeness (QED) is 0.543. The van der Waals surface area contributed by atoms with Gasteiger partial charge in [-0.05, 0) is 12.5 Å². The Labute approximate surface area is 65.6 Å². The summed E-state index contributed by atoms with van der Waals surface area (Å²) in [5.41, 5.74) is 1.26. The van der Waals surface area contributed by atoms with Gasteiger partial charge in [0.25, 0.3) is 0 Å². The Morgan fingerprint density at radius 2 is 1.70 bits per heavy atom. The van der Waals surface area contributed by atoms with Gasteiger partial charge in [0.1, 0.15) is 0 Å². The zero-order valence-electron chi connectivity index (χ0n) is 6.25. The molecule has 1 rings (SSSR count). The van der Waals surface area contributed by atoms with Gasteiger partial charge in [-0.15, -0.1) is 0 Å². The lowest BCUT2D eigenvalue weighted by Gasteiger charge is -1.86. The van der Waals surface area contributed by atoms with E-state index >= 15 is 0 Å². The van der Waals surface area contributed by atoms with Crippen molar-refractivity contribution >= 4 is 16.0 Å². The lowest BCUT2D eigenvalue weighted by Crippen LogP contribution is -1.65. The second kappa shape index (κ2) is 5.20. The van der Waals surface area contributed by atoms with E-state index in [1.54, 1.807) is 0 Å². The van der Waals surface area contributed by atoms with Crippen molar-refractivity contribution in [2.24, 2.45) is 0 Å². The van der Waals surface area contributed by atoms with Crippen LogP contribution in [-0.2, 0) is 0 Å². The molecule has 0 heterocycles. The molecular weight excluding hydrogens is 139 g/mol. The second-order valence-corrected chi connectivity index (χ2v) is 1.91. The summed E-state index contributed by atoms with van der Waals surface area (Å²) in [6.45, 7) is 2.02. The first-order chi connectivity index (χ1) is 4.43. The Kier molecular flexibility index (Phi) is 4.88. The van der Waals surface area contributed by atoms with Crippen molar-refractivity contribution < 1.29 is 0 Å². The minimum absolute atomic E-state index is 0. The highest BCUT2D eigenvalue weighted by molar-refractivity contribution is 6.92. The highest BCUT2D eigenvalue weighted by Gasteiger charge is 1.77. The Balaban J connectivity index is 0.000000810. The first-order valence-corrected chi connectivity index (χ1v) is 3.11. The zero-order valence-corrected chi connectivity index (χ0v) is 7.66. The Morgan fingerprint density at radius 1 is 1.10 bits per heavy atom. The highest BCUT2D eigenvalue weighted by atomic mass is 31.0. The van der Waals surface area contributed by atoms with Crippen molar-refractivity contribution in [1.29, 1.82) is 0 Å². The summed E-state index contributed by atoms with van der Waals surface area (Å²) in [6.07, 6.45) is 4.12. The third-order valence-electron chi connectivity index (χ3n) is 1.16. The van der Waals surface area contributed by atoms with Crippen molar-refractivity contribution in [2.75, 3.05) is 0 Å². The maximum atomic E-state index is 2.08. The largest absolute Gasteiger partial charge is 0.153 e. The van der Waals surface area contributed by atoms with Gasteiger partial charge < -0.3 is 0 Å². The molecule has 1 atom stereocenters.